The van der Waals surface area contributed by atoms with Gasteiger partial charge < -0.3 is 10.1 Å². The molecule has 0 bridgehead atoms. The van der Waals surface area contributed by atoms with E-state index in [0.29, 0.717) is 12.0 Å². The van der Waals surface area contributed by atoms with Crippen LogP contribution in [0.2, 0.25) is 0 Å². The minimum Gasteiger partial charge on any atom is -0.381 e. The van der Waals surface area contributed by atoms with Gasteiger partial charge >= 0.3 is 0 Å². The Morgan fingerprint density at radius 2 is 1.89 bits per heavy atom. The molecule has 0 spiro atoms. The summed E-state index contributed by atoms with van der Waals surface area (Å²) >= 11 is 0. The van der Waals surface area contributed by atoms with E-state index in [9.17, 15) is 0 Å². The fourth-order valence-corrected chi connectivity index (χ4v) is 3.54. The zero-order valence-corrected chi connectivity index (χ0v) is 11.7. The van der Waals surface area contributed by atoms with Crippen LogP contribution in [0.5, 0.6) is 0 Å². The minimum absolute atomic E-state index is 0.664. The van der Waals surface area contributed by atoms with Gasteiger partial charge in [0, 0.05) is 19.2 Å². The molecule has 19 heavy (non-hydrogen) atoms. The van der Waals surface area contributed by atoms with Gasteiger partial charge in [-0.2, -0.15) is 0 Å². The van der Waals surface area contributed by atoms with Crippen molar-refractivity contribution < 1.29 is 4.74 Å². The third-order valence-corrected chi connectivity index (χ3v) is 4.69. The molecule has 2 aliphatic rings. The zero-order valence-electron chi connectivity index (χ0n) is 11.7. The largest absolute Gasteiger partial charge is 0.381 e. The fraction of sp³-hybridized carbons (Fsp3) is 0.647. The Hall–Kier alpha value is -0.860. The molecule has 2 nitrogen and oxygen atoms in total. The van der Waals surface area contributed by atoms with Crippen LogP contribution >= 0.6 is 0 Å². The van der Waals surface area contributed by atoms with E-state index < -0.39 is 0 Å². The van der Waals surface area contributed by atoms with Crippen molar-refractivity contribution in [2.24, 2.45) is 5.92 Å². The third-order valence-electron chi connectivity index (χ3n) is 4.69. The second-order valence-corrected chi connectivity index (χ2v) is 6.05. The Morgan fingerprint density at radius 1 is 1.05 bits per heavy atom. The van der Waals surface area contributed by atoms with E-state index in [0.717, 1.165) is 25.7 Å². The summed E-state index contributed by atoms with van der Waals surface area (Å²) in [6.07, 6.45) is 6.65. The van der Waals surface area contributed by atoms with Crippen LogP contribution in [0.1, 0.15) is 43.6 Å². The van der Waals surface area contributed by atoms with Gasteiger partial charge in [0.25, 0.3) is 0 Å². The van der Waals surface area contributed by atoms with Gasteiger partial charge in [-0.25, -0.2) is 0 Å². The number of rotatable bonds is 4. The van der Waals surface area contributed by atoms with Crippen LogP contribution in [0.15, 0.2) is 30.3 Å². The third kappa shape index (κ3) is 3.37. The van der Waals surface area contributed by atoms with Gasteiger partial charge in [0.05, 0.1) is 6.61 Å². The summed E-state index contributed by atoms with van der Waals surface area (Å²) in [7, 11) is 0. The van der Waals surface area contributed by atoms with Gasteiger partial charge in [-0.1, -0.05) is 43.2 Å². The highest BCUT2D eigenvalue weighted by Crippen LogP contribution is 2.33. The number of ether oxygens (including phenoxy) is 1. The first-order valence-electron chi connectivity index (χ1n) is 7.79. The van der Waals surface area contributed by atoms with E-state index >= 15 is 0 Å². The average Bonchev–Trinajstić information content (AvgIpc) is 3.00. The van der Waals surface area contributed by atoms with Gasteiger partial charge in [0.2, 0.25) is 0 Å². The van der Waals surface area contributed by atoms with Gasteiger partial charge in [0.1, 0.15) is 0 Å². The standard InChI is InChI=1S/C17H25NO/c1-2-6-15(7-3-1)16-8-4-5-9-17(16)18-12-14-10-11-19-13-14/h1-3,6-7,14,16-18H,4-5,8-13H2. The SMILES string of the molecule is c1ccc(C2CCCCC2NCC2CCOC2)cc1. The van der Waals surface area contributed by atoms with Crippen LogP contribution < -0.4 is 5.32 Å². The van der Waals surface area contributed by atoms with Crippen molar-refractivity contribution in [2.45, 2.75) is 44.1 Å². The van der Waals surface area contributed by atoms with Crippen molar-refractivity contribution in [3.05, 3.63) is 35.9 Å². The summed E-state index contributed by atoms with van der Waals surface area (Å²) in [6.45, 7) is 3.04. The molecule has 1 aliphatic carbocycles. The van der Waals surface area contributed by atoms with Gasteiger partial charge in [0.15, 0.2) is 0 Å². The topological polar surface area (TPSA) is 21.3 Å². The highest BCUT2D eigenvalue weighted by Gasteiger charge is 2.27. The van der Waals surface area contributed by atoms with E-state index in [1.165, 1.54) is 37.7 Å². The second-order valence-electron chi connectivity index (χ2n) is 6.05. The molecule has 3 unspecified atom stereocenters. The Balaban J connectivity index is 1.60. The van der Waals surface area contributed by atoms with E-state index in [1.807, 2.05) is 0 Å². The van der Waals surface area contributed by atoms with Gasteiger partial charge in [-0.05, 0) is 36.7 Å². The average molecular weight is 259 g/mol. The summed E-state index contributed by atoms with van der Waals surface area (Å²) in [6, 6.07) is 11.7. The van der Waals surface area contributed by atoms with Crippen LogP contribution in [0.4, 0.5) is 0 Å². The first-order chi connectivity index (χ1) is 9.43. The Bertz CT molecular complexity index is 372. The summed E-state index contributed by atoms with van der Waals surface area (Å²) < 4.78 is 5.47. The lowest BCUT2D eigenvalue weighted by atomic mass is 9.80. The number of hydrogen-bond acceptors (Lipinski definition) is 2. The second kappa shape index (κ2) is 6.53. The summed E-state index contributed by atoms with van der Waals surface area (Å²) in [4.78, 5) is 0. The van der Waals surface area contributed by atoms with Crippen molar-refractivity contribution in [2.75, 3.05) is 19.8 Å². The van der Waals surface area contributed by atoms with E-state index in [4.69, 9.17) is 4.74 Å². The molecule has 3 rings (SSSR count). The van der Waals surface area contributed by atoms with Crippen LogP contribution in [0.3, 0.4) is 0 Å². The molecular formula is C17H25NO. The molecule has 0 radical (unpaired) electrons. The van der Waals surface area contributed by atoms with Crippen LogP contribution in [-0.2, 0) is 4.74 Å². The maximum atomic E-state index is 5.47. The predicted octanol–water partition coefficient (Wildman–Crippen LogP) is 3.34. The lowest BCUT2D eigenvalue weighted by Crippen LogP contribution is -2.39. The molecule has 0 aromatic heterocycles. The summed E-state index contributed by atoms with van der Waals surface area (Å²) in [5, 5.41) is 3.83. The maximum Gasteiger partial charge on any atom is 0.0507 e. The maximum absolute atomic E-state index is 5.47. The summed E-state index contributed by atoms with van der Waals surface area (Å²) in [5.74, 6) is 1.44. The van der Waals surface area contributed by atoms with Crippen molar-refractivity contribution in [1.82, 2.24) is 5.32 Å². The van der Waals surface area contributed by atoms with Crippen molar-refractivity contribution >= 4 is 0 Å². The minimum atomic E-state index is 0.664. The van der Waals surface area contributed by atoms with Crippen molar-refractivity contribution in [1.29, 1.82) is 0 Å². The van der Waals surface area contributed by atoms with E-state index in [2.05, 4.69) is 35.6 Å². The Labute approximate surface area is 116 Å². The van der Waals surface area contributed by atoms with Crippen LogP contribution in [-0.4, -0.2) is 25.8 Å². The number of benzene rings is 1. The predicted molar refractivity (Wildman–Crippen MR) is 78.4 cm³/mol. The van der Waals surface area contributed by atoms with E-state index in [-0.39, 0.29) is 0 Å². The van der Waals surface area contributed by atoms with Crippen LogP contribution in [0.25, 0.3) is 0 Å². The van der Waals surface area contributed by atoms with Crippen LogP contribution in [0, 0.1) is 5.92 Å². The molecule has 1 aromatic rings. The number of nitrogens with one attached hydrogen (secondary N) is 1. The quantitative estimate of drug-likeness (QED) is 0.895. The zero-order chi connectivity index (χ0) is 12.9. The molecule has 1 heterocycles. The van der Waals surface area contributed by atoms with Crippen molar-refractivity contribution in [3.63, 3.8) is 0 Å². The lowest BCUT2D eigenvalue weighted by molar-refractivity contribution is 0.183. The molecule has 1 saturated heterocycles. The molecule has 2 fully saturated rings. The first-order valence-corrected chi connectivity index (χ1v) is 7.79. The van der Waals surface area contributed by atoms with Crippen molar-refractivity contribution in [3.8, 4) is 0 Å². The molecule has 0 amide bonds. The molecule has 3 atom stereocenters. The molecule has 2 heteroatoms. The Morgan fingerprint density at radius 3 is 2.68 bits per heavy atom. The highest BCUT2D eigenvalue weighted by molar-refractivity contribution is 5.22. The molecule has 1 aromatic carbocycles. The highest BCUT2D eigenvalue weighted by atomic mass is 16.5. The molecule has 1 saturated carbocycles. The molecule has 1 aliphatic heterocycles. The monoisotopic (exact) mass is 259 g/mol. The molecule has 104 valence electrons. The van der Waals surface area contributed by atoms with E-state index in [1.54, 1.807) is 0 Å². The molecular weight excluding hydrogens is 234 g/mol. The summed E-state index contributed by atoms with van der Waals surface area (Å²) in [5.41, 5.74) is 1.52. The van der Waals surface area contributed by atoms with Gasteiger partial charge in [-0.3, -0.25) is 0 Å². The smallest absolute Gasteiger partial charge is 0.0507 e. The first kappa shape index (κ1) is 13.1. The normalized spacial score (nSPS) is 31.5. The lowest BCUT2D eigenvalue weighted by Gasteiger charge is -2.33. The molecule has 1 N–H and O–H groups in total. The fourth-order valence-electron chi connectivity index (χ4n) is 3.54. The van der Waals surface area contributed by atoms with Gasteiger partial charge in [-0.15, -0.1) is 0 Å². The Kier molecular flexibility index (Phi) is 4.52. The number of hydrogen-bond donors (Lipinski definition) is 1.